The number of hydrogen-bond acceptors (Lipinski definition) is 4. The molecule has 1 saturated heterocycles. The van der Waals surface area contributed by atoms with E-state index in [1.807, 2.05) is 0 Å². The summed E-state index contributed by atoms with van der Waals surface area (Å²) >= 11 is 11.9. The monoisotopic (exact) mass is 487 g/mol. The molecular weight excluding hydrogens is 464 g/mol. The molecule has 1 aliphatic rings. The first-order chi connectivity index (χ1) is 11.0. The molecule has 1 aliphatic heterocycles. The van der Waals surface area contributed by atoms with Gasteiger partial charge in [0, 0.05) is 39.5 Å². The van der Waals surface area contributed by atoms with Gasteiger partial charge >= 0.3 is 0 Å². The molecule has 1 unspecified atom stereocenters. The van der Waals surface area contributed by atoms with Crippen molar-refractivity contribution in [1.29, 1.82) is 0 Å². The van der Waals surface area contributed by atoms with E-state index in [2.05, 4.69) is 32.9 Å². The smallest absolute Gasteiger partial charge is 0.191 e. The van der Waals surface area contributed by atoms with E-state index < -0.39 is 0 Å². The van der Waals surface area contributed by atoms with E-state index in [9.17, 15) is 0 Å². The Bertz CT molecular complexity index is 553. The van der Waals surface area contributed by atoms with Gasteiger partial charge in [0.1, 0.15) is 5.82 Å². The minimum absolute atomic E-state index is 0. The third kappa shape index (κ3) is 6.78. The first-order valence-electron chi connectivity index (χ1n) is 7.66. The normalized spacial score (nSPS) is 20.4. The molecule has 0 amide bonds. The number of halogens is 3. The number of nitrogens with one attached hydrogen (secondary N) is 3. The molecule has 2 rings (SSSR count). The predicted molar refractivity (Wildman–Crippen MR) is 111 cm³/mol. The Hall–Kier alpha value is -0.510. The molecule has 0 spiro atoms. The van der Waals surface area contributed by atoms with Gasteiger partial charge in [0.05, 0.1) is 15.6 Å². The molecule has 1 fully saturated rings. The number of aliphatic imine (C=N–C) groups is 1. The van der Waals surface area contributed by atoms with Crippen LogP contribution in [-0.4, -0.2) is 49.8 Å². The van der Waals surface area contributed by atoms with E-state index in [1.165, 1.54) is 0 Å². The second kappa shape index (κ2) is 10.5. The Labute approximate surface area is 170 Å². The maximum Gasteiger partial charge on any atom is 0.191 e. The molecule has 24 heavy (non-hydrogen) atoms. The fourth-order valence-electron chi connectivity index (χ4n) is 2.37. The number of hydrogen-bond donors (Lipinski definition) is 3. The van der Waals surface area contributed by atoms with Gasteiger partial charge in [-0.05, 0) is 25.8 Å². The van der Waals surface area contributed by atoms with E-state index in [4.69, 9.17) is 27.9 Å². The summed E-state index contributed by atoms with van der Waals surface area (Å²) in [5, 5.41) is 10.7. The largest absolute Gasteiger partial charge is 0.373 e. The topological polar surface area (TPSA) is 70.6 Å². The molecular formula is C15H24Cl2IN5O. The number of ether oxygens (including phenoxy) is 1. The molecule has 0 saturated carbocycles. The summed E-state index contributed by atoms with van der Waals surface area (Å²) in [6.07, 6.45) is 3.74. The number of guanidine groups is 1. The van der Waals surface area contributed by atoms with Gasteiger partial charge in [0.25, 0.3) is 0 Å². The molecule has 0 bridgehead atoms. The third-order valence-electron chi connectivity index (χ3n) is 3.67. The third-order valence-corrected chi connectivity index (χ3v) is 4.17. The van der Waals surface area contributed by atoms with Crippen LogP contribution in [-0.2, 0) is 4.74 Å². The first-order valence-corrected chi connectivity index (χ1v) is 8.41. The van der Waals surface area contributed by atoms with Gasteiger partial charge < -0.3 is 20.7 Å². The van der Waals surface area contributed by atoms with Crippen molar-refractivity contribution >= 4 is 59.0 Å². The van der Waals surface area contributed by atoms with Crippen LogP contribution >= 0.6 is 47.2 Å². The fourth-order valence-corrected chi connectivity index (χ4v) is 2.82. The van der Waals surface area contributed by atoms with Gasteiger partial charge in [-0.2, -0.15) is 0 Å². The summed E-state index contributed by atoms with van der Waals surface area (Å²) in [6.45, 7) is 5.03. The Kier molecular flexibility index (Phi) is 9.40. The van der Waals surface area contributed by atoms with Crippen molar-refractivity contribution in [2.45, 2.75) is 25.4 Å². The Morgan fingerprint density at radius 3 is 2.79 bits per heavy atom. The summed E-state index contributed by atoms with van der Waals surface area (Å²) in [4.78, 5) is 8.35. The summed E-state index contributed by atoms with van der Waals surface area (Å²) in [5.41, 5.74) is -0.101. The van der Waals surface area contributed by atoms with Crippen LogP contribution in [0.4, 0.5) is 5.82 Å². The standard InChI is InChI=1S/C15H23Cl2N5O.HI/c1-15(4-3-7-23-15)10-22-14(18-2)20-6-5-19-13-12(17)8-11(16)9-21-13;/h8-9H,3-7,10H2,1-2H3,(H,19,21)(H2,18,20,22);1H. The summed E-state index contributed by atoms with van der Waals surface area (Å²) < 4.78 is 5.75. The number of anilines is 1. The second-order valence-corrected chi connectivity index (χ2v) is 6.51. The quantitative estimate of drug-likeness (QED) is 0.249. The number of nitrogens with zero attached hydrogens (tertiary/aromatic N) is 2. The number of aromatic nitrogens is 1. The van der Waals surface area contributed by atoms with Crippen molar-refractivity contribution in [2.24, 2.45) is 4.99 Å². The molecule has 1 aromatic heterocycles. The van der Waals surface area contributed by atoms with Crippen molar-refractivity contribution in [2.75, 3.05) is 38.6 Å². The maximum atomic E-state index is 6.06. The van der Waals surface area contributed by atoms with Crippen molar-refractivity contribution in [3.05, 3.63) is 22.3 Å². The lowest BCUT2D eigenvalue weighted by Crippen LogP contribution is -2.46. The van der Waals surface area contributed by atoms with E-state index in [-0.39, 0.29) is 29.6 Å². The highest BCUT2D eigenvalue weighted by Crippen LogP contribution is 2.24. The average molecular weight is 488 g/mol. The molecule has 0 aromatic carbocycles. The van der Waals surface area contributed by atoms with Crippen LogP contribution in [0.2, 0.25) is 10.0 Å². The van der Waals surface area contributed by atoms with Crippen LogP contribution < -0.4 is 16.0 Å². The number of rotatable bonds is 6. The van der Waals surface area contributed by atoms with Crippen LogP contribution in [0.3, 0.4) is 0 Å². The average Bonchev–Trinajstić information content (AvgIpc) is 2.95. The van der Waals surface area contributed by atoms with Crippen LogP contribution in [0.25, 0.3) is 0 Å². The number of pyridine rings is 1. The van der Waals surface area contributed by atoms with Crippen LogP contribution in [0.1, 0.15) is 19.8 Å². The molecule has 9 heteroatoms. The van der Waals surface area contributed by atoms with Crippen LogP contribution in [0.5, 0.6) is 0 Å². The molecule has 0 aliphatic carbocycles. The molecule has 6 nitrogen and oxygen atoms in total. The van der Waals surface area contributed by atoms with Crippen LogP contribution in [0.15, 0.2) is 17.3 Å². The van der Waals surface area contributed by atoms with Gasteiger partial charge in [-0.15, -0.1) is 24.0 Å². The van der Waals surface area contributed by atoms with Crippen molar-refractivity contribution in [3.8, 4) is 0 Å². The molecule has 3 N–H and O–H groups in total. The Balaban J connectivity index is 0.00000288. The van der Waals surface area contributed by atoms with Gasteiger partial charge in [-0.1, -0.05) is 23.2 Å². The first kappa shape index (κ1) is 21.5. The van der Waals surface area contributed by atoms with Crippen molar-refractivity contribution in [1.82, 2.24) is 15.6 Å². The summed E-state index contributed by atoms with van der Waals surface area (Å²) in [6, 6.07) is 1.66. The molecule has 0 radical (unpaired) electrons. The van der Waals surface area contributed by atoms with E-state index in [1.54, 1.807) is 19.3 Å². The minimum atomic E-state index is -0.101. The zero-order valence-corrected chi connectivity index (χ0v) is 17.7. The van der Waals surface area contributed by atoms with E-state index in [0.29, 0.717) is 29.0 Å². The van der Waals surface area contributed by atoms with Gasteiger partial charge in [0.15, 0.2) is 5.96 Å². The Morgan fingerprint density at radius 2 is 2.17 bits per heavy atom. The lowest BCUT2D eigenvalue weighted by molar-refractivity contribution is 0.0243. The maximum absolute atomic E-state index is 6.06. The molecule has 136 valence electrons. The predicted octanol–water partition coefficient (Wildman–Crippen LogP) is 3.15. The SMILES string of the molecule is CN=C(NCCNc1ncc(Cl)cc1Cl)NCC1(C)CCCO1.I. The molecule has 1 atom stereocenters. The lowest BCUT2D eigenvalue weighted by atomic mass is 10.0. The van der Waals surface area contributed by atoms with E-state index >= 15 is 0 Å². The van der Waals surface area contributed by atoms with Gasteiger partial charge in [-0.3, -0.25) is 4.99 Å². The minimum Gasteiger partial charge on any atom is -0.373 e. The van der Waals surface area contributed by atoms with Crippen molar-refractivity contribution in [3.63, 3.8) is 0 Å². The summed E-state index contributed by atoms with van der Waals surface area (Å²) in [7, 11) is 1.75. The highest BCUT2D eigenvalue weighted by atomic mass is 127. The van der Waals surface area contributed by atoms with Gasteiger partial charge in [-0.25, -0.2) is 4.98 Å². The highest BCUT2D eigenvalue weighted by Gasteiger charge is 2.29. The second-order valence-electron chi connectivity index (χ2n) is 5.67. The molecule has 2 heterocycles. The van der Waals surface area contributed by atoms with Crippen LogP contribution in [0, 0.1) is 0 Å². The summed E-state index contributed by atoms with van der Waals surface area (Å²) in [5.74, 6) is 1.37. The Morgan fingerprint density at radius 1 is 1.38 bits per heavy atom. The van der Waals surface area contributed by atoms with Gasteiger partial charge in [0.2, 0.25) is 0 Å². The van der Waals surface area contributed by atoms with E-state index in [0.717, 1.165) is 32.0 Å². The highest BCUT2D eigenvalue weighted by molar-refractivity contribution is 14.0. The lowest BCUT2D eigenvalue weighted by Gasteiger charge is -2.24. The molecule has 1 aromatic rings. The zero-order valence-electron chi connectivity index (χ0n) is 13.9. The zero-order chi connectivity index (χ0) is 16.7. The fraction of sp³-hybridized carbons (Fsp3) is 0.600. The van der Waals surface area contributed by atoms with Crippen molar-refractivity contribution < 1.29 is 4.74 Å².